The van der Waals surface area contributed by atoms with Gasteiger partial charge >= 0.3 is 24.0 Å². The number of alkyl carbamates (subject to hydrolysis) is 1. The van der Waals surface area contributed by atoms with Gasteiger partial charge in [0, 0.05) is 38.4 Å². The number of carbonyl (C=O) groups is 5. The molecule has 0 aliphatic heterocycles. The highest BCUT2D eigenvalue weighted by molar-refractivity contribution is 5.94. The highest BCUT2D eigenvalue weighted by Gasteiger charge is 2.91. The zero-order chi connectivity index (χ0) is 46.5. The van der Waals surface area contributed by atoms with Gasteiger partial charge in [0.2, 0.25) is 0 Å². The molecular formula is C50H65NO12. The van der Waals surface area contributed by atoms with Crippen LogP contribution in [0.4, 0.5) is 4.79 Å². The summed E-state index contributed by atoms with van der Waals surface area (Å²) < 4.78 is 38.3. The topological polar surface area (TPSA) is 173 Å². The van der Waals surface area contributed by atoms with Gasteiger partial charge in [-0.25, -0.2) is 14.4 Å². The van der Waals surface area contributed by atoms with Gasteiger partial charge in [0.1, 0.15) is 29.0 Å². The van der Waals surface area contributed by atoms with Gasteiger partial charge in [0.15, 0.2) is 11.9 Å². The molecule has 4 saturated carbocycles. The molecule has 2 bridgehead atoms. The second-order valence-corrected chi connectivity index (χ2v) is 20.9. The van der Waals surface area contributed by atoms with Crippen molar-refractivity contribution in [2.24, 2.45) is 39.4 Å². The lowest BCUT2D eigenvalue weighted by Gasteiger charge is -2.73. The molecule has 4 fully saturated rings. The van der Waals surface area contributed by atoms with Gasteiger partial charge in [-0.3, -0.25) is 9.59 Å². The van der Waals surface area contributed by atoms with Gasteiger partial charge in [0.25, 0.3) is 0 Å². The van der Waals surface area contributed by atoms with Crippen molar-refractivity contribution < 1.29 is 57.5 Å². The van der Waals surface area contributed by atoms with Crippen LogP contribution < -0.4 is 5.32 Å². The van der Waals surface area contributed by atoms with E-state index in [1.54, 1.807) is 95.5 Å². The van der Waals surface area contributed by atoms with Crippen molar-refractivity contribution in [2.45, 2.75) is 143 Å². The molecule has 0 spiro atoms. The van der Waals surface area contributed by atoms with Crippen LogP contribution in [0.25, 0.3) is 0 Å². The number of aliphatic hydroxyl groups excluding tert-OH is 1. The fraction of sp³-hybridized carbons (Fsp3) is 0.620. The Hall–Kier alpha value is -4.59. The van der Waals surface area contributed by atoms with Crippen LogP contribution in [0, 0.1) is 39.4 Å². The number of amides is 1. The number of hydrogen-bond donors (Lipinski definition) is 2. The number of nitrogens with one attached hydrogen (secondary N) is 1. The number of ether oxygens (including phenoxy) is 6. The standard InChI is InChI=1S/C50H65NO12/c1-27-31(60-41(56)37(53)36(29-20-16-14-17-21-29)51-43(57)63-44(3,4)5)25-47(9)45(6,7)35(27)38(59-13)39(54)48(10)34(58-12)24-32-46(8)26-33(46)50(32,61-28(2)52)42(48)49(47,11)62-40(55)30-22-18-15-19-23-30/h14-23,31-34,36-38,42,53H,24-26H2,1-13H3,(H,51,57)/t31-,32-,33+,34-,36-,37+,38+,42+,46?,47+,48-,49+,50+/m0/s1. The van der Waals surface area contributed by atoms with Crippen molar-refractivity contribution in [1.82, 2.24) is 5.32 Å². The molecule has 0 heterocycles. The molecule has 2 N–H and O–H groups in total. The van der Waals surface area contributed by atoms with Gasteiger partial charge in [-0.05, 0) is 100 Å². The van der Waals surface area contributed by atoms with E-state index in [1.165, 1.54) is 14.0 Å². The molecule has 1 unspecified atom stereocenters. The van der Waals surface area contributed by atoms with E-state index in [9.17, 15) is 24.3 Å². The highest BCUT2D eigenvalue weighted by atomic mass is 16.6. The minimum absolute atomic E-state index is 0.0411. The average Bonchev–Trinajstić information content (AvgIpc) is 3.86. The zero-order valence-corrected chi connectivity index (χ0v) is 39.0. The number of rotatable bonds is 10. The summed E-state index contributed by atoms with van der Waals surface area (Å²) in [5.74, 6) is -3.92. The van der Waals surface area contributed by atoms with E-state index in [-0.39, 0.29) is 35.0 Å². The predicted octanol–water partition coefficient (Wildman–Crippen LogP) is 7.49. The van der Waals surface area contributed by atoms with Crippen LogP contribution in [-0.4, -0.2) is 90.3 Å². The molecule has 2 aromatic carbocycles. The first-order valence-electron chi connectivity index (χ1n) is 22.0. The zero-order valence-electron chi connectivity index (χ0n) is 39.0. The van der Waals surface area contributed by atoms with Crippen LogP contribution in [0.2, 0.25) is 0 Å². The molecule has 1 amide bonds. The van der Waals surface area contributed by atoms with E-state index in [0.717, 1.165) is 6.42 Å². The van der Waals surface area contributed by atoms with Gasteiger partial charge in [-0.15, -0.1) is 0 Å². The molecule has 0 saturated heterocycles. The fourth-order valence-electron chi connectivity index (χ4n) is 13.1. The number of carbonyl (C=O) groups excluding carboxylic acids is 5. The van der Waals surface area contributed by atoms with Crippen molar-refractivity contribution in [1.29, 1.82) is 0 Å². The number of benzene rings is 2. The maximum atomic E-state index is 16.0. The van der Waals surface area contributed by atoms with Crippen molar-refractivity contribution >= 4 is 29.8 Å². The van der Waals surface area contributed by atoms with E-state index in [0.29, 0.717) is 23.1 Å². The van der Waals surface area contributed by atoms with Gasteiger partial charge in [-0.1, -0.05) is 76.2 Å². The monoisotopic (exact) mass is 871 g/mol. The summed E-state index contributed by atoms with van der Waals surface area (Å²) in [6.07, 6.45) is -4.55. The Balaban J connectivity index is 1.42. The van der Waals surface area contributed by atoms with Gasteiger partial charge in [0.05, 0.1) is 29.0 Å². The lowest BCUT2D eigenvalue weighted by atomic mass is 9.34. The third-order valence-electron chi connectivity index (χ3n) is 16.4. The minimum Gasteiger partial charge on any atom is -0.458 e. The third-order valence-corrected chi connectivity index (χ3v) is 16.4. The largest absolute Gasteiger partial charge is 0.458 e. The quantitative estimate of drug-likeness (QED) is 0.137. The molecule has 342 valence electrons. The van der Waals surface area contributed by atoms with Crippen molar-refractivity contribution in [3.63, 3.8) is 0 Å². The summed E-state index contributed by atoms with van der Waals surface area (Å²) in [6, 6.07) is 15.9. The van der Waals surface area contributed by atoms with E-state index in [1.807, 2.05) is 34.6 Å². The van der Waals surface area contributed by atoms with Crippen LogP contribution >= 0.6 is 0 Å². The third kappa shape index (κ3) is 6.85. The van der Waals surface area contributed by atoms with Gasteiger partial charge in [-0.2, -0.15) is 0 Å². The molecule has 63 heavy (non-hydrogen) atoms. The Kier molecular flexibility index (Phi) is 11.4. The number of Topliss-reactive ketones (excluding diaryl/α,β-unsaturated/α-hetero) is 1. The van der Waals surface area contributed by atoms with E-state index >= 15 is 4.79 Å². The van der Waals surface area contributed by atoms with Gasteiger partial charge < -0.3 is 38.8 Å². The molecule has 13 nitrogen and oxygen atoms in total. The second kappa shape index (κ2) is 15.5. The average molecular weight is 872 g/mol. The van der Waals surface area contributed by atoms with Crippen molar-refractivity contribution in [3.8, 4) is 0 Å². The molecule has 0 radical (unpaired) electrons. The number of hydrogen-bond acceptors (Lipinski definition) is 12. The summed E-state index contributed by atoms with van der Waals surface area (Å²) in [7, 11) is 3.05. The fourth-order valence-corrected chi connectivity index (χ4v) is 13.1. The Morgan fingerprint density at radius 2 is 1.44 bits per heavy atom. The van der Waals surface area contributed by atoms with Crippen molar-refractivity contribution in [2.75, 3.05) is 14.2 Å². The van der Waals surface area contributed by atoms with Crippen LogP contribution in [0.5, 0.6) is 0 Å². The van der Waals surface area contributed by atoms with Crippen LogP contribution in [0.15, 0.2) is 71.8 Å². The lowest BCUT2D eigenvalue weighted by molar-refractivity contribution is -0.327. The predicted molar refractivity (Wildman–Crippen MR) is 231 cm³/mol. The molecule has 5 aliphatic rings. The highest BCUT2D eigenvalue weighted by Crippen LogP contribution is 2.85. The maximum absolute atomic E-state index is 16.0. The van der Waals surface area contributed by atoms with Crippen molar-refractivity contribution in [3.05, 3.63) is 82.9 Å². The summed E-state index contributed by atoms with van der Waals surface area (Å²) in [6.45, 7) is 20.1. The summed E-state index contributed by atoms with van der Waals surface area (Å²) in [4.78, 5) is 71.9. The maximum Gasteiger partial charge on any atom is 0.408 e. The van der Waals surface area contributed by atoms with E-state index in [2.05, 4.69) is 12.2 Å². The molecule has 0 aromatic heterocycles. The number of aliphatic hydroxyl groups is 1. The molecular weight excluding hydrogens is 807 g/mol. The first kappa shape index (κ1) is 46.4. The molecule has 2 aromatic rings. The summed E-state index contributed by atoms with van der Waals surface area (Å²) >= 11 is 0. The van der Waals surface area contributed by atoms with Crippen LogP contribution in [0.1, 0.15) is 117 Å². The number of methoxy groups -OCH3 is 2. The lowest BCUT2D eigenvalue weighted by Crippen LogP contribution is -2.82. The number of ketones is 1. The Morgan fingerprint density at radius 1 is 0.841 bits per heavy atom. The summed E-state index contributed by atoms with van der Waals surface area (Å²) in [5.41, 5.74) is -5.94. The first-order valence-corrected chi connectivity index (χ1v) is 22.0. The Bertz CT molecular complexity index is 2200. The molecule has 7 rings (SSSR count). The number of esters is 3. The Labute approximate surface area is 370 Å². The molecule has 13 atom stereocenters. The first-order chi connectivity index (χ1) is 29.3. The normalized spacial score (nSPS) is 37.2. The van der Waals surface area contributed by atoms with E-state index < -0.39 is 93.4 Å². The SMILES string of the molecule is CO[C@H]1C(=O)[C@]2(C)[C@@H](OC)C[C@H]3C4(C)C[C@H]4[C@@]3(OC(C)=O)[C@H]2[C@@](C)(OC(=O)c2ccccc2)[C@]2(C)C[C@H](OC(=O)[C@H](O)[C@@H](NC(=O)OC(C)(C)C)c3ccccc3)C(C)=C1C2(C)C. The van der Waals surface area contributed by atoms with E-state index in [4.69, 9.17) is 28.4 Å². The minimum atomic E-state index is -1.91. The van der Waals surface area contributed by atoms with Crippen LogP contribution in [0.3, 0.4) is 0 Å². The second-order valence-electron chi connectivity index (χ2n) is 20.9. The number of fused-ring (bicyclic) bond motifs is 8. The Morgan fingerprint density at radius 3 is 2.00 bits per heavy atom. The summed E-state index contributed by atoms with van der Waals surface area (Å²) in [5, 5.41) is 14.5. The smallest absolute Gasteiger partial charge is 0.408 e. The van der Waals surface area contributed by atoms with Crippen LogP contribution in [-0.2, 0) is 42.8 Å². The molecule has 13 heteroatoms. The molecule has 5 aliphatic carbocycles.